The van der Waals surface area contributed by atoms with Crippen molar-refractivity contribution in [3.63, 3.8) is 0 Å². The fourth-order valence-corrected chi connectivity index (χ4v) is 2.22. The number of halogens is 6. The number of rotatable bonds is 5. The molecule has 0 spiro atoms. The van der Waals surface area contributed by atoms with Gasteiger partial charge in [-0.15, -0.1) is 0 Å². The molecule has 0 aliphatic carbocycles. The molecule has 152 valence electrons. The molecule has 2 aromatic rings. The molecule has 0 saturated heterocycles. The summed E-state index contributed by atoms with van der Waals surface area (Å²) in [4.78, 5) is 12.0. The van der Waals surface area contributed by atoms with Crippen molar-refractivity contribution in [3.05, 3.63) is 77.0 Å². The Morgan fingerprint density at radius 2 is 1.52 bits per heavy atom. The Morgan fingerprint density at radius 1 is 0.966 bits per heavy atom. The average molecular weight is 413 g/mol. The number of nitrogens with one attached hydrogen (secondary N) is 2. The van der Waals surface area contributed by atoms with Gasteiger partial charge in [0.15, 0.2) is 0 Å². The summed E-state index contributed by atoms with van der Waals surface area (Å²) in [6.45, 7) is 0.0838. The second-order valence-electron chi connectivity index (χ2n) is 5.78. The van der Waals surface area contributed by atoms with E-state index in [4.69, 9.17) is 5.26 Å². The maximum absolute atomic E-state index is 12.9. The molecule has 0 fully saturated rings. The second-order valence-corrected chi connectivity index (χ2v) is 5.78. The number of hydrogen-bond donors (Lipinski definition) is 2. The Labute approximate surface area is 161 Å². The summed E-state index contributed by atoms with van der Waals surface area (Å²) in [5.74, 6) is -0.841. The normalized spacial score (nSPS) is 12.2. The van der Waals surface area contributed by atoms with E-state index in [1.54, 1.807) is 36.4 Å². The molecule has 0 saturated carbocycles. The number of nitrogens with zero attached hydrogens (tertiary/aromatic N) is 1. The second kappa shape index (κ2) is 8.68. The Bertz CT molecular complexity index is 911. The molecular weight excluding hydrogens is 400 g/mol. The monoisotopic (exact) mass is 413 g/mol. The molecule has 10 heteroatoms. The number of benzene rings is 2. The molecule has 2 rings (SSSR count). The van der Waals surface area contributed by atoms with Crippen molar-refractivity contribution in [2.24, 2.45) is 0 Å². The van der Waals surface area contributed by atoms with Crippen LogP contribution in [-0.4, -0.2) is 5.91 Å². The summed E-state index contributed by atoms with van der Waals surface area (Å²) in [5, 5.41) is 13.6. The van der Waals surface area contributed by atoms with E-state index < -0.39 is 40.6 Å². The van der Waals surface area contributed by atoms with E-state index in [-0.39, 0.29) is 12.6 Å². The van der Waals surface area contributed by atoms with E-state index in [0.29, 0.717) is 12.1 Å². The lowest BCUT2D eigenvalue weighted by Crippen LogP contribution is -2.24. The van der Waals surface area contributed by atoms with Crippen LogP contribution in [0.4, 0.5) is 32.0 Å². The molecular formula is C19H13F6N3O. The predicted octanol–water partition coefficient (Wildman–Crippen LogP) is 4.86. The molecule has 0 atom stereocenters. The highest BCUT2D eigenvalue weighted by Crippen LogP contribution is 2.37. The molecule has 0 aromatic heterocycles. The quantitative estimate of drug-likeness (QED) is 0.418. The van der Waals surface area contributed by atoms with Crippen LogP contribution in [0.1, 0.15) is 16.7 Å². The molecule has 2 aromatic carbocycles. The van der Waals surface area contributed by atoms with Gasteiger partial charge in [0.2, 0.25) is 0 Å². The standard InChI is InChI=1S/C19H13F6N3O/c20-18(21,22)14-6-15(19(23,24)25)8-16(7-14)27-11-13(9-26)17(29)28-10-12-4-2-1-3-5-12/h1-8,11,27H,10H2,(H,28,29)/b13-11-. The first-order chi connectivity index (χ1) is 13.5. The molecule has 29 heavy (non-hydrogen) atoms. The van der Waals surface area contributed by atoms with E-state index in [2.05, 4.69) is 10.6 Å². The van der Waals surface area contributed by atoms with Crippen LogP contribution >= 0.6 is 0 Å². The lowest BCUT2D eigenvalue weighted by atomic mass is 10.1. The number of alkyl halides is 6. The molecule has 0 unspecified atom stereocenters. The minimum atomic E-state index is -5.01. The van der Waals surface area contributed by atoms with Gasteiger partial charge in [-0.3, -0.25) is 4.79 Å². The molecule has 2 N–H and O–H groups in total. The van der Waals surface area contributed by atoms with Crippen LogP contribution in [0.15, 0.2) is 60.3 Å². The molecule has 4 nitrogen and oxygen atoms in total. The summed E-state index contributed by atoms with van der Waals surface area (Å²) < 4.78 is 77.2. The lowest BCUT2D eigenvalue weighted by molar-refractivity contribution is -0.143. The van der Waals surface area contributed by atoms with Crippen molar-refractivity contribution >= 4 is 11.6 Å². The van der Waals surface area contributed by atoms with Crippen LogP contribution in [0, 0.1) is 11.3 Å². The first-order valence-corrected chi connectivity index (χ1v) is 7.99. The third kappa shape index (κ3) is 6.27. The summed E-state index contributed by atoms with van der Waals surface area (Å²) in [6, 6.07) is 11.1. The first-order valence-electron chi connectivity index (χ1n) is 7.99. The van der Waals surface area contributed by atoms with Crippen LogP contribution in [0.3, 0.4) is 0 Å². The van der Waals surface area contributed by atoms with Crippen LogP contribution in [-0.2, 0) is 23.7 Å². The summed E-state index contributed by atoms with van der Waals surface area (Å²) in [6.07, 6.45) is -9.27. The zero-order valence-corrected chi connectivity index (χ0v) is 14.5. The summed E-state index contributed by atoms with van der Waals surface area (Å²) in [5.41, 5.74) is -3.40. The van der Waals surface area contributed by atoms with Gasteiger partial charge in [0.25, 0.3) is 5.91 Å². The number of nitriles is 1. The van der Waals surface area contributed by atoms with Gasteiger partial charge in [0, 0.05) is 18.4 Å². The largest absolute Gasteiger partial charge is 0.416 e. The predicted molar refractivity (Wildman–Crippen MR) is 92.1 cm³/mol. The van der Waals surface area contributed by atoms with Crippen molar-refractivity contribution in [2.45, 2.75) is 18.9 Å². The van der Waals surface area contributed by atoms with Crippen LogP contribution in [0.5, 0.6) is 0 Å². The van der Waals surface area contributed by atoms with Crippen molar-refractivity contribution < 1.29 is 31.1 Å². The molecule has 0 aliphatic rings. The van der Waals surface area contributed by atoms with E-state index in [9.17, 15) is 31.1 Å². The number of amides is 1. The molecule has 0 bridgehead atoms. The number of carbonyl (C=O) groups is 1. The minimum absolute atomic E-state index is 0.0212. The maximum Gasteiger partial charge on any atom is 0.416 e. The molecule has 0 radical (unpaired) electrons. The van der Waals surface area contributed by atoms with E-state index >= 15 is 0 Å². The Balaban J connectivity index is 2.21. The van der Waals surface area contributed by atoms with Gasteiger partial charge in [-0.25, -0.2) is 0 Å². The van der Waals surface area contributed by atoms with Crippen LogP contribution < -0.4 is 10.6 Å². The van der Waals surface area contributed by atoms with Gasteiger partial charge >= 0.3 is 12.4 Å². The fourth-order valence-electron chi connectivity index (χ4n) is 2.22. The maximum atomic E-state index is 12.9. The third-order valence-corrected chi connectivity index (χ3v) is 3.63. The van der Waals surface area contributed by atoms with Gasteiger partial charge < -0.3 is 10.6 Å². The zero-order chi connectivity index (χ0) is 21.7. The average Bonchev–Trinajstić information content (AvgIpc) is 2.66. The van der Waals surface area contributed by atoms with Crippen molar-refractivity contribution in [1.82, 2.24) is 5.32 Å². The highest BCUT2D eigenvalue weighted by Gasteiger charge is 2.36. The van der Waals surface area contributed by atoms with E-state index in [1.165, 1.54) is 0 Å². The minimum Gasteiger partial charge on any atom is -0.360 e. The van der Waals surface area contributed by atoms with E-state index in [1.807, 2.05) is 0 Å². The smallest absolute Gasteiger partial charge is 0.360 e. The highest BCUT2D eigenvalue weighted by molar-refractivity contribution is 5.97. The van der Waals surface area contributed by atoms with Gasteiger partial charge in [0.05, 0.1) is 11.1 Å². The van der Waals surface area contributed by atoms with Crippen LogP contribution in [0.25, 0.3) is 0 Å². The number of anilines is 1. The van der Waals surface area contributed by atoms with Gasteiger partial charge in [0.1, 0.15) is 11.6 Å². The topological polar surface area (TPSA) is 64.9 Å². The number of hydrogen-bond acceptors (Lipinski definition) is 3. The van der Waals surface area contributed by atoms with Crippen molar-refractivity contribution in [1.29, 1.82) is 5.26 Å². The van der Waals surface area contributed by atoms with Gasteiger partial charge in [-0.05, 0) is 23.8 Å². The Hall–Kier alpha value is -3.48. The molecule has 0 heterocycles. The Morgan fingerprint density at radius 3 is 2.00 bits per heavy atom. The molecule has 1 amide bonds. The van der Waals surface area contributed by atoms with Crippen LogP contribution in [0.2, 0.25) is 0 Å². The van der Waals surface area contributed by atoms with Gasteiger partial charge in [-0.2, -0.15) is 31.6 Å². The number of carbonyl (C=O) groups excluding carboxylic acids is 1. The highest BCUT2D eigenvalue weighted by atomic mass is 19.4. The lowest BCUT2D eigenvalue weighted by Gasteiger charge is -2.14. The first kappa shape index (κ1) is 21.8. The molecule has 0 aliphatic heterocycles. The van der Waals surface area contributed by atoms with Crippen molar-refractivity contribution in [3.8, 4) is 6.07 Å². The van der Waals surface area contributed by atoms with Crippen molar-refractivity contribution in [2.75, 3.05) is 5.32 Å². The summed E-state index contributed by atoms with van der Waals surface area (Å²) >= 11 is 0. The SMILES string of the molecule is N#C/C(=C/Nc1cc(C(F)(F)F)cc(C(F)(F)F)c1)C(=O)NCc1ccccc1. The fraction of sp³-hybridized carbons (Fsp3) is 0.158. The summed E-state index contributed by atoms with van der Waals surface area (Å²) in [7, 11) is 0. The Kier molecular flexibility index (Phi) is 6.53. The van der Waals surface area contributed by atoms with E-state index in [0.717, 1.165) is 11.8 Å². The third-order valence-electron chi connectivity index (χ3n) is 3.63. The zero-order valence-electron chi connectivity index (χ0n) is 14.5. The van der Waals surface area contributed by atoms with Gasteiger partial charge in [-0.1, -0.05) is 30.3 Å².